The zero-order valence-electron chi connectivity index (χ0n) is 13.3. The van der Waals surface area contributed by atoms with Crippen LogP contribution in [0.5, 0.6) is 0 Å². The number of halogens is 1. The van der Waals surface area contributed by atoms with Gasteiger partial charge in [-0.25, -0.2) is 9.18 Å². The van der Waals surface area contributed by atoms with E-state index in [0.29, 0.717) is 12.6 Å². The maximum atomic E-state index is 12.9. The van der Waals surface area contributed by atoms with Crippen molar-refractivity contribution in [3.8, 4) is 0 Å². The molecule has 126 valence electrons. The Bertz CT molecular complexity index is 517. The van der Waals surface area contributed by atoms with Crippen LogP contribution in [0.3, 0.4) is 0 Å². The highest BCUT2D eigenvalue weighted by Crippen LogP contribution is 2.15. The topological polar surface area (TPSA) is 44.8 Å². The van der Waals surface area contributed by atoms with Crippen LogP contribution >= 0.6 is 0 Å². The fraction of sp³-hybridized carbons (Fsp3) is 0.588. The maximum Gasteiger partial charge on any atom is 0.317 e. The van der Waals surface area contributed by atoms with E-state index >= 15 is 0 Å². The number of benzene rings is 1. The standard InChI is InChI=1S/C17H24FN3O2/c18-15-4-2-14(3-5-15)12-19-17(22)21-8-1-7-20(9-10-21)16-6-11-23-13-16/h2-5,16H,1,6-13H2,(H,19,22). The monoisotopic (exact) mass is 321 g/mol. The predicted molar refractivity (Wildman–Crippen MR) is 85.6 cm³/mol. The number of urea groups is 1. The minimum Gasteiger partial charge on any atom is -0.380 e. The SMILES string of the molecule is O=C(NCc1ccc(F)cc1)N1CCCN(C2CCOC2)CC1. The molecular weight excluding hydrogens is 297 g/mol. The van der Waals surface area contributed by atoms with E-state index in [0.717, 1.165) is 57.8 Å². The molecule has 2 fully saturated rings. The van der Waals surface area contributed by atoms with Crippen LogP contribution in [0.4, 0.5) is 9.18 Å². The van der Waals surface area contributed by atoms with Crippen molar-refractivity contribution in [3.63, 3.8) is 0 Å². The van der Waals surface area contributed by atoms with Crippen LogP contribution in [0.15, 0.2) is 24.3 Å². The van der Waals surface area contributed by atoms with E-state index in [1.165, 1.54) is 12.1 Å². The maximum absolute atomic E-state index is 12.9. The van der Waals surface area contributed by atoms with Crippen LogP contribution in [-0.2, 0) is 11.3 Å². The highest BCUT2D eigenvalue weighted by Gasteiger charge is 2.26. The number of carbonyl (C=O) groups excluding carboxylic acids is 1. The molecule has 23 heavy (non-hydrogen) atoms. The van der Waals surface area contributed by atoms with Crippen LogP contribution in [0, 0.1) is 5.82 Å². The molecule has 2 heterocycles. The number of carbonyl (C=O) groups is 1. The van der Waals surface area contributed by atoms with E-state index in [1.54, 1.807) is 12.1 Å². The third-order valence-electron chi connectivity index (χ3n) is 4.60. The van der Waals surface area contributed by atoms with Crippen LogP contribution < -0.4 is 5.32 Å². The first-order chi connectivity index (χ1) is 11.2. The van der Waals surface area contributed by atoms with E-state index < -0.39 is 0 Å². The van der Waals surface area contributed by atoms with E-state index in [4.69, 9.17) is 4.74 Å². The summed E-state index contributed by atoms with van der Waals surface area (Å²) in [5, 5.41) is 2.92. The van der Waals surface area contributed by atoms with Gasteiger partial charge in [0, 0.05) is 45.4 Å². The number of hydrogen-bond acceptors (Lipinski definition) is 3. The predicted octanol–water partition coefficient (Wildman–Crippen LogP) is 1.83. The Hall–Kier alpha value is -1.66. The Balaban J connectivity index is 1.46. The van der Waals surface area contributed by atoms with Crippen LogP contribution in [0.1, 0.15) is 18.4 Å². The van der Waals surface area contributed by atoms with Gasteiger partial charge in [0.25, 0.3) is 0 Å². The van der Waals surface area contributed by atoms with Crippen LogP contribution in [-0.4, -0.2) is 61.3 Å². The Morgan fingerprint density at radius 3 is 2.78 bits per heavy atom. The minimum absolute atomic E-state index is 0.0427. The second-order valence-electron chi connectivity index (χ2n) is 6.18. The quantitative estimate of drug-likeness (QED) is 0.924. The van der Waals surface area contributed by atoms with Crippen molar-refractivity contribution in [2.24, 2.45) is 0 Å². The van der Waals surface area contributed by atoms with Crippen molar-refractivity contribution in [3.05, 3.63) is 35.6 Å². The summed E-state index contributed by atoms with van der Waals surface area (Å²) in [6, 6.07) is 6.68. The summed E-state index contributed by atoms with van der Waals surface area (Å²) in [6.45, 7) is 5.54. The Morgan fingerprint density at radius 2 is 2.04 bits per heavy atom. The average Bonchev–Trinajstić information content (AvgIpc) is 2.98. The number of rotatable bonds is 3. The van der Waals surface area contributed by atoms with Crippen molar-refractivity contribution in [1.82, 2.24) is 15.1 Å². The van der Waals surface area contributed by atoms with Crippen molar-refractivity contribution in [2.75, 3.05) is 39.4 Å². The first kappa shape index (κ1) is 16.2. The van der Waals surface area contributed by atoms with Crippen molar-refractivity contribution >= 4 is 6.03 Å². The van der Waals surface area contributed by atoms with Gasteiger partial charge < -0.3 is 15.0 Å². The van der Waals surface area contributed by atoms with Gasteiger partial charge in [0.1, 0.15) is 5.82 Å². The van der Waals surface area contributed by atoms with Gasteiger partial charge in [-0.1, -0.05) is 12.1 Å². The molecule has 1 unspecified atom stereocenters. The fourth-order valence-electron chi connectivity index (χ4n) is 3.21. The molecule has 2 aliphatic rings. The lowest BCUT2D eigenvalue weighted by atomic mass is 10.2. The first-order valence-corrected chi connectivity index (χ1v) is 8.31. The molecule has 1 N–H and O–H groups in total. The van der Waals surface area contributed by atoms with Gasteiger partial charge in [-0.2, -0.15) is 0 Å². The van der Waals surface area contributed by atoms with E-state index in [9.17, 15) is 9.18 Å². The van der Waals surface area contributed by atoms with E-state index in [-0.39, 0.29) is 11.8 Å². The minimum atomic E-state index is -0.261. The Morgan fingerprint density at radius 1 is 1.22 bits per heavy atom. The number of hydrogen-bond donors (Lipinski definition) is 1. The summed E-state index contributed by atoms with van der Waals surface area (Å²) in [5.74, 6) is -0.261. The summed E-state index contributed by atoms with van der Waals surface area (Å²) in [5.41, 5.74) is 0.902. The third kappa shape index (κ3) is 4.42. The fourth-order valence-corrected chi connectivity index (χ4v) is 3.21. The van der Waals surface area contributed by atoms with Crippen molar-refractivity contribution < 1.29 is 13.9 Å². The molecular formula is C17H24FN3O2. The first-order valence-electron chi connectivity index (χ1n) is 8.31. The highest BCUT2D eigenvalue weighted by atomic mass is 19.1. The lowest BCUT2D eigenvalue weighted by molar-refractivity contribution is 0.145. The molecule has 0 bridgehead atoms. The van der Waals surface area contributed by atoms with Gasteiger partial charge in [0.2, 0.25) is 0 Å². The van der Waals surface area contributed by atoms with Crippen LogP contribution in [0.25, 0.3) is 0 Å². The molecule has 2 aliphatic heterocycles. The summed E-state index contributed by atoms with van der Waals surface area (Å²) in [6.07, 6.45) is 2.08. The Kier molecular flexibility index (Phi) is 5.46. The summed E-state index contributed by atoms with van der Waals surface area (Å²) < 4.78 is 18.3. The molecule has 6 heteroatoms. The van der Waals surface area contributed by atoms with E-state index in [1.807, 2.05) is 4.90 Å². The van der Waals surface area contributed by atoms with Gasteiger partial charge in [0.05, 0.1) is 6.61 Å². The number of nitrogens with one attached hydrogen (secondary N) is 1. The molecule has 3 rings (SSSR count). The molecule has 0 aliphatic carbocycles. The third-order valence-corrected chi connectivity index (χ3v) is 4.60. The molecule has 2 amide bonds. The van der Waals surface area contributed by atoms with Gasteiger partial charge in [0.15, 0.2) is 0 Å². The largest absolute Gasteiger partial charge is 0.380 e. The molecule has 5 nitrogen and oxygen atoms in total. The number of nitrogens with zero attached hydrogens (tertiary/aromatic N) is 2. The van der Waals surface area contributed by atoms with Gasteiger partial charge in [-0.05, 0) is 30.5 Å². The summed E-state index contributed by atoms with van der Waals surface area (Å²) in [4.78, 5) is 16.6. The molecule has 0 aromatic heterocycles. The normalized spacial score (nSPS) is 22.8. The zero-order valence-corrected chi connectivity index (χ0v) is 13.3. The lowest BCUT2D eigenvalue weighted by Crippen LogP contribution is -2.43. The molecule has 0 spiro atoms. The molecule has 0 saturated carbocycles. The summed E-state index contributed by atoms with van der Waals surface area (Å²) in [7, 11) is 0. The van der Waals surface area contributed by atoms with Gasteiger partial charge >= 0.3 is 6.03 Å². The lowest BCUT2D eigenvalue weighted by Gasteiger charge is -2.26. The molecule has 1 aromatic rings. The van der Waals surface area contributed by atoms with Gasteiger partial charge in [-0.3, -0.25) is 4.90 Å². The Labute approximate surface area is 136 Å². The molecule has 2 saturated heterocycles. The second-order valence-corrected chi connectivity index (χ2v) is 6.18. The van der Waals surface area contributed by atoms with Crippen molar-refractivity contribution in [1.29, 1.82) is 0 Å². The van der Waals surface area contributed by atoms with Crippen molar-refractivity contribution in [2.45, 2.75) is 25.4 Å². The number of amides is 2. The van der Waals surface area contributed by atoms with Crippen LogP contribution in [0.2, 0.25) is 0 Å². The van der Waals surface area contributed by atoms with E-state index in [2.05, 4.69) is 10.2 Å². The highest BCUT2D eigenvalue weighted by molar-refractivity contribution is 5.74. The molecule has 0 radical (unpaired) electrons. The average molecular weight is 321 g/mol. The number of ether oxygens (including phenoxy) is 1. The van der Waals surface area contributed by atoms with Gasteiger partial charge in [-0.15, -0.1) is 0 Å². The second kappa shape index (κ2) is 7.75. The zero-order chi connectivity index (χ0) is 16.1. The smallest absolute Gasteiger partial charge is 0.317 e. The molecule has 1 atom stereocenters. The summed E-state index contributed by atoms with van der Waals surface area (Å²) >= 11 is 0. The molecule has 1 aromatic carbocycles.